The van der Waals surface area contributed by atoms with E-state index in [1.54, 1.807) is 0 Å². The number of rotatable bonds is 4. The van der Waals surface area contributed by atoms with E-state index in [9.17, 15) is 0 Å². The van der Waals surface area contributed by atoms with Crippen molar-refractivity contribution in [2.45, 2.75) is 46.2 Å². The third-order valence-electron chi connectivity index (χ3n) is 6.04. The minimum atomic E-state index is 0.439. The van der Waals surface area contributed by atoms with Crippen LogP contribution in [0, 0.1) is 39.5 Å². The third-order valence-corrected chi connectivity index (χ3v) is 6.04. The highest BCUT2D eigenvalue weighted by Gasteiger charge is 2.45. The predicted octanol–water partition coefficient (Wildman–Crippen LogP) is 5.39. The minimum absolute atomic E-state index is 0.439. The second-order valence-corrected chi connectivity index (χ2v) is 7.82. The highest BCUT2D eigenvalue weighted by molar-refractivity contribution is 5.61. The monoisotopic (exact) mass is 332 g/mol. The summed E-state index contributed by atoms with van der Waals surface area (Å²) in [5.41, 5.74) is 7.94. The Bertz CT molecular complexity index is 713. The SMILES string of the molecule is Cc1cccc(C)c1N[C@@H]1[C@H](Nc2c(C)cccc2C)[C@@H]2C=C[C@H]1C2. The molecular weight excluding hydrogens is 304 g/mol. The second kappa shape index (κ2) is 6.25. The molecule has 25 heavy (non-hydrogen) atoms. The summed E-state index contributed by atoms with van der Waals surface area (Å²) in [6, 6.07) is 14.0. The maximum atomic E-state index is 3.90. The van der Waals surface area contributed by atoms with Gasteiger partial charge in [-0.1, -0.05) is 48.6 Å². The van der Waals surface area contributed by atoms with Crippen LogP contribution in [0.2, 0.25) is 0 Å². The standard InChI is InChI=1S/C23H28N2/c1-14-7-5-8-15(2)20(14)24-22-18-11-12-19(13-18)23(22)25-21-16(3)9-6-10-17(21)4/h5-12,18-19,22-25H,13H2,1-4H3/t18-,19+,22-,23+. The van der Waals surface area contributed by atoms with Crippen molar-refractivity contribution in [3.63, 3.8) is 0 Å². The lowest BCUT2D eigenvalue weighted by atomic mass is 9.93. The fourth-order valence-electron chi connectivity index (χ4n) is 4.63. The number of aryl methyl sites for hydroxylation is 4. The van der Waals surface area contributed by atoms with Gasteiger partial charge in [-0.15, -0.1) is 0 Å². The van der Waals surface area contributed by atoms with Gasteiger partial charge < -0.3 is 10.6 Å². The van der Waals surface area contributed by atoms with Crippen LogP contribution in [0.3, 0.4) is 0 Å². The number of hydrogen-bond acceptors (Lipinski definition) is 2. The fourth-order valence-corrected chi connectivity index (χ4v) is 4.63. The maximum absolute atomic E-state index is 3.90. The first-order valence-electron chi connectivity index (χ1n) is 9.38. The Hall–Kier alpha value is -2.22. The summed E-state index contributed by atoms with van der Waals surface area (Å²) in [5, 5.41) is 7.81. The molecule has 2 aliphatic carbocycles. The summed E-state index contributed by atoms with van der Waals surface area (Å²) in [4.78, 5) is 0. The van der Waals surface area contributed by atoms with Crippen LogP contribution in [0.4, 0.5) is 11.4 Å². The number of benzene rings is 2. The molecule has 0 amide bonds. The Labute approximate surface area is 151 Å². The molecule has 2 aliphatic rings. The Morgan fingerprint density at radius 2 is 1.00 bits per heavy atom. The first-order chi connectivity index (χ1) is 12.0. The smallest absolute Gasteiger partial charge is 0.0531 e. The van der Waals surface area contributed by atoms with Crippen molar-refractivity contribution in [1.29, 1.82) is 0 Å². The topological polar surface area (TPSA) is 24.1 Å². The van der Waals surface area contributed by atoms with Gasteiger partial charge in [0.1, 0.15) is 0 Å². The van der Waals surface area contributed by atoms with Gasteiger partial charge in [-0.3, -0.25) is 0 Å². The van der Waals surface area contributed by atoms with Crippen molar-refractivity contribution >= 4 is 11.4 Å². The summed E-state index contributed by atoms with van der Waals surface area (Å²) in [7, 11) is 0. The van der Waals surface area contributed by atoms with Crippen molar-refractivity contribution in [3.8, 4) is 0 Å². The van der Waals surface area contributed by atoms with E-state index in [0.717, 1.165) is 0 Å². The molecule has 4 atom stereocenters. The third kappa shape index (κ3) is 2.84. The molecular formula is C23H28N2. The average Bonchev–Trinajstić information content (AvgIpc) is 3.16. The van der Waals surface area contributed by atoms with Crippen LogP contribution in [0.5, 0.6) is 0 Å². The molecule has 2 N–H and O–H groups in total. The Balaban J connectivity index is 1.64. The lowest BCUT2D eigenvalue weighted by Gasteiger charge is -2.33. The van der Waals surface area contributed by atoms with Gasteiger partial charge in [-0.2, -0.15) is 0 Å². The molecule has 1 fully saturated rings. The van der Waals surface area contributed by atoms with Crippen molar-refractivity contribution in [2.24, 2.45) is 11.8 Å². The molecule has 0 aliphatic heterocycles. The van der Waals surface area contributed by atoms with Gasteiger partial charge in [0.05, 0.1) is 12.1 Å². The van der Waals surface area contributed by atoms with Crippen LogP contribution in [0.15, 0.2) is 48.6 Å². The molecule has 1 saturated carbocycles. The molecule has 2 aromatic rings. The zero-order chi connectivity index (χ0) is 17.6. The molecule has 2 bridgehead atoms. The highest BCUT2D eigenvalue weighted by Crippen LogP contribution is 2.43. The lowest BCUT2D eigenvalue weighted by molar-refractivity contribution is 0.557. The van der Waals surface area contributed by atoms with Crippen molar-refractivity contribution in [2.75, 3.05) is 10.6 Å². The van der Waals surface area contributed by atoms with E-state index in [1.165, 1.54) is 40.0 Å². The number of fused-ring (bicyclic) bond motifs is 2. The molecule has 0 spiro atoms. The quantitative estimate of drug-likeness (QED) is 0.734. The molecule has 130 valence electrons. The zero-order valence-electron chi connectivity index (χ0n) is 15.6. The lowest BCUT2D eigenvalue weighted by Crippen LogP contribution is -2.42. The Morgan fingerprint density at radius 1 is 0.640 bits per heavy atom. The summed E-state index contributed by atoms with van der Waals surface area (Å²) in [5.74, 6) is 1.23. The van der Waals surface area contributed by atoms with Gasteiger partial charge in [0.15, 0.2) is 0 Å². The number of hydrogen-bond donors (Lipinski definition) is 2. The minimum Gasteiger partial charge on any atom is -0.379 e. The molecule has 0 aromatic heterocycles. The summed E-state index contributed by atoms with van der Waals surface area (Å²) in [6.45, 7) is 8.80. The van der Waals surface area contributed by atoms with E-state index < -0.39 is 0 Å². The van der Waals surface area contributed by atoms with Crippen molar-refractivity contribution in [3.05, 3.63) is 70.8 Å². The summed E-state index contributed by atoms with van der Waals surface area (Å²) < 4.78 is 0. The summed E-state index contributed by atoms with van der Waals surface area (Å²) in [6.07, 6.45) is 6.09. The zero-order valence-corrected chi connectivity index (χ0v) is 15.6. The van der Waals surface area contributed by atoms with Crippen LogP contribution < -0.4 is 10.6 Å². The van der Waals surface area contributed by atoms with E-state index >= 15 is 0 Å². The summed E-state index contributed by atoms with van der Waals surface area (Å²) >= 11 is 0. The molecule has 0 radical (unpaired) electrons. The maximum Gasteiger partial charge on any atom is 0.0531 e. The molecule has 2 nitrogen and oxygen atoms in total. The van der Waals surface area contributed by atoms with Crippen LogP contribution in [-0.2, 0) is 0 Å². The van der Waals surface area contributed by atoms with Crippen LogP contribution in [0.1, 0.15) is 28.7 Å². The van der Waals surface area contributed by atoms with Gasteiger partial charge in [0, 0.05) is 11.4 Å². The van der Waals surface area contributed by atoms with E-state index in [0.29, 0.717) is 23.9 Å². The molecule has 0 unspecified atom stereocenters. The Morgan fingerprint density at radius 3 is 1.36 bits per heavy atom. The van der Waals surface area contributed by atoms with Crippen LogP contribution >= 0.6 is 0 Å². The molecule has 0 heterocycles. The van der Waals surface area contributed by atoms with Gasteiger partial charge in [0.25, 0.3) is 0 Å². The first-order valence-corrected chi connectivity index (χ1v) is 9.38. The van der Waals surface area contributed by atoms with E-state index in [-0.39, 0.29) is 0 Å². The highest BCUT2D eigenvalue weighted by atomic mass is 15.1. The molecule has 2 heteroatoms. The van der Waals surface area contributed by atoms with E-state index in [2.05, 4.69) is 86.9 Å². The average molecular weight is 332 g/mol. The van der Waals surface area contributed by atoms with Gasteiger partial charge in [-0.05, 0) is 68.2 Å². The predicted molar refractivity (Wildman–Crippen MR) is 107 cm³/mol. The Kier molecular flexibility index (Phi) is 4.07. The molecule has 2 aromatic carbocycles. The van der Waals surface area contributed by atoms with E-state index in [4.69, 9.17) is 0 Å². The number of para-hydroxylation sites is 2. The number of nitrogens with one attached hydrogen (secondary N) is 2. The van der Waals surface area contributed by atoms with Gasteiger partial charge >= 0.3 is 0 Å². The van der Waals surface area contributed by atoms with Crippen molar-refractivity contribution < 1.29 is 0 Å². The van der Waals surface area contributed by atoms with Gasteiger partial charge in [0.2, 0.25) is 0 Å². The number of anilines is 2. The van der Waals surface area contributed by atoms with Crippen LogP contribution in [0.25, 0.3) is 0 Å². The normalized spacial score (nSPS) is 26.9. The molecule has 4 rings (SSSR count). The first kappa shape index (κ1) is 16.3. The fraction of sp³-hybridized carbons (Fsp3) is 0.391. The van der Waals surface area contributed by atoms with Crippen molar-refractivity contribution in [1.82, 2.24) is 0 Å². The van der Waals surface area contributed by atoms with E-state index in [1.807, 2.05) is 0 Å². The van der Waals surface area contributed by atoms with Crippen LogP contribution in [-0.4, -0.2) is 12.1 Å². The second-order valence-electron chi connectivity index (χ2n) is 7.82. The largest absolute Gasteiger partial charge is 0.379 e. The molecule has 0 saturated heterocycles. The van der Waals surface area contributed by atoms with Gasteiger partial charge in [-0.25, -0.2) is 0 Å².